The molecule has 0 aliphatic carbocycles. The van der Waals surface area contributed by atoms with Gasteiger partial charge >= 0.3 is 0 Å². The van der Waals surface area contributed by atoms with Crippen molar-refractivity contribution in [3.8, 4) is 12.1 Å². The van der Waals surface area contributed by atoms with Crippen LogP contribution in [0, 0.1) is 35.8 Å². The molecule has 0 spiro atoms. The van der Waals surface area contributed by atoms with E-state index in [1.54, 1.807) is 24.3 Å². The first kappa shape index (κ1) is 11.2. The summed E-state index contributed by atoms with van der Waals surface area (Å²) in [6.07, 6.45) is 0. The van der Waals surface area contributed by atoms with Crippen LogP contribution in [-0.4, -0.2) is 0 Å². The number of nitrogens with zero attached hydrogens (tertiary/aromatic N) is 4. The number of fused-ring (bicyclic) bond motifs is 1. The van der Waals surface area contributed by atoms with Crippen molar-refractivity contribution in [1.82, 2.24) is 0 Å². The molecular weight excluding hydrogens is 224 g/mol. The molecule has 0 saturated heterocycles. The van der Waals surface area contributed by atoms with Crippen LogP contribution in [0.5, 0.6) is 0 Å². The summed E-state index contributed by atoms with van der Waals surface area (Å²) in [5.74, 6) is 0. The lowest BCUT2D eigenvalue weighted by atomic mass is 10.0. The molecule has 0 bridgehead atoms. The van der Waals surface area contributed by atoms with E-state index in [0.717, 1.165) is 0 Å². The van der Waals surface area contributed by atoms with Crippen molar-refractivity contribution in [3.05, 3.63) is 58.2 Å². The van der Waals surface area contributed by atoms with Gasteiger partial charge in [0.2, 0.25) is 0 Å². The van der Waals surface area contributed by atoms with Crippen molar-refractivity contribution in [2.75, 3.05) is 0 Å². The third-order valence-electron chi connectivity index (χ3n) is 2.55. The second-order valence-corrected chi connectivity index (χ2v) is 3.53. The lowest BCUT2D eigenvalue weighted by Crippen LogP contribution is -1.84. The molecule has 4 heteroatoms. The summed E-state index contributed by atoms with van der Waals surface area (Å²) in [5.41, 5.74) is 1.06. The molecule has 80 valence electrons. The smallest absolute Gasteiger partial charge is 0.195 e. The van der Waals surface area contributed by atoms with Crippen LogP contribution in [0.1, 0.15) is 11.1 Å². The van der Waals surface area contributed by atoms with Gasteiger partial charge in [-0.2, -0.15) is 10.5 Å². The van der Waals surface area contributed by atoms with Crippen molar-refractivity contribution in [2.24, 2.45) is 0 Å². The van der Waals surface area contributed by atoms with Crippen LogP contribution < -0.4 is 0 Å². The molecule has 0 unspecified atom stereocenters. The van der Waals surface area contributed by atoms with Crippen LogP contribution >= 0.6 is 0 Å². The minimum absolute atomic E-state index is 0.256. The fourth-order valence-corrected chi connectivity index (χ4v) is 1.69. The first-order chi connectivity index (χ1) is 8.73. The Bertz CT molecular complexity index is 683. The highest BCUT2D eigenvalue weighted by Gasteiger charge is 2.08. The number of hydrogen-bond donors (Lipinski definition) is 0. The van der Waals surface area contributed by atoms with Gasteiger partial charge in [-0.3, -0.25) is 9.69 Å². The maximum atomic E-state index is 8.93. The molecule has 0 N–H and O–H groups in total. The Morgan fingerprint density at radius 3 is 1.44 bits per heavy atom. The van der Waals surface area contributed by atoms with E-state index in [1.165, 1.54) is 0 Å². The zero-order valence-corrected chi connectivity index (χ0v) is 9.10. The molecule has 0 radical (unpaired) electrons. The molecule has 0 atom stereocenters. The average Bonchev–Trinajstić information content (AvgIpc) is 2.43. The van der Waals surface area contributed by atoms with E-state index in [1.807, 2.05) is 12.1 Å². The van der Waals surface area contributed by atoms with Gasteiger partial charge in [-0.25, -0.2) is 0 Å². The summed E-state index contributed by atoms with van der Waals surface area (Å²) < 4.78 is 0. The minimum Gasteiger partial charge on any atom is -0.250 e. The highest BCUT2D eigenvalue weighted by molar-refractivity contribution is 5.94. The summed E-state index contributed by atoms with van der Waals surface area (Å²) in [6.45, 7) is 14.0. The quantitative estimate of drug-likeness (QED) is 0.645. The largest absolute Gasteiger partial charge is 0.250 e. The zero-order chi connectivity index (χ0) is 13.1. The first-order valence-electron chi connectivity index (χ1n) is 4.90. The maximum Gasteiger partial charge on any atom is 0.195 e. The molecule has 0 fully saturated rings. The summed E-state index contributed by atoms with van der Waals surface area (Å²) in [5, 5.41) is 19.2. The van der Waals surface area contributed by atoms with E-state index < -0.39 is 0 Å². The van der Waals surface area contributed by atoms with E-state index >= 15 is 0 Å². The summed E-state index contributed by atoms with van der Waals surface area (Å²) in [6, 6.07) is 10.2. The van der Waals surface area contributed by atoms with E-state index in [4.69, 9.17) is 23.7 Å². The number of hydrogen-bond acceptors (Lipinski definition) is 2. The van der Waals surface area contributed by atoms with Gasteiger partial charge < -0.3 is 0 Å². The highest BCUT2D eigenvalue weighted by Crippen LogP contribution is 2.34. The van der Waals surface area contributed by atoms with Crippen LogP contribution in [0.25, 0.3) is 20.5 Å². The van der Waals surface area contributed by atoms with Crippen molar-refractivity contribution < 1.29 is 0 Å². The highest BCUT2D eigenvalue weighted by atomic mass is 14.7. The van der Waals surface area contributed by atoms with Crippen LogP contribution in [0.15, 0.2) is 24.3 Å². The lowest BCUT2D eigenvalue weighted by Gasteiger charge is -2.03. The summed E-state index contributed by atoms with van der Waals surface area (Å²) in [7, 11) is 0. The Morgan fingerprint density at radius 2 is 1.17 bits per heavy atom. The maximum absolute atomic E-state index is 8.93. The summed E-state index contributed by atoms with van der Waals surface area (Å²) in [4.78, 5) is 6.56. The second-order valence-electron chi connectivity index (χ2n) is 3.53. The predicted molar refractivity (Wildman–Crippen MR) is 65.9 cm³/mol. The van der Waals surface area contributed by atoms with Crippen LogP contribution in [0.3, 0.4) is 0 Å². The van der Waals surface area contributed by atoms with Crippen molar-refractivity contribution >= 4 is 22.1 Å². The molecule has 0 aromatic heterocycles. The van der Waals surface area contributed by atoms with Gasteiger partial charge in [0, 0.05) is 0 Å². The predicted octanol–water partition coefficient (Wildman–Crippen LogP) is 3.68. The van der Waals surface area contributed by atoms with Crippen molar-refractivity contribution in [3.63, 3.8) is 0 Å². The zero-order valence-electron chi connectivity index (χ0n) is 9.10. The third kappa shape index (κ3) is 1.61. The Labute approximate surface area is 104 Å². The Balaban J connectivity index is 2.90. The molecule has 0 amide bonds. The van der Waals surface area contributed by atoms with E-state index in [0.29, 0.717) is 10.8 Å². The number of rotatable bonds is 0. The number of benzene rings is 2. The topological polar surface area (TPSA) is 56.3 Å². The fraction of sp³-hybridized carbons (Fsp3) is 0. The van der Waals surface area contributed by atoms with Gasteiger partial charge in [-0.05, 0) is 22.9 Å². The van der Waals surface area contributed by atoms with Gasteiger partial charge in [0.1, 0.15) is 12.1 Å². The molecule has 4 nitrogen and oxygen atoms in total. The first-order valence-corrected chi connectivity index (χ1v) is 4.90. The van der Waals surface area contributed by atoms with E-state index in [2.05, 4.69) is 9.69 Å². The minimum atomic E-state index is 0.256. The molecule has 0 saturated carbocycles. The molecule has 2 aromatic rings. The molecular formula is C14H4N4. The third-order valence-corrected chi connectivity index (χ3v) is 2.55. The molecule has 2 aromatic carbocycles. The van der Waals surface area contributed by atoms with Crippen molar-refractivity contribution in [1.29, 1.82) is 10.5 Å². The molecule has 18 heavy (non-hydrogen) atoms. The fourth-order valence-electron chi connectivity index (χ4n) is 1.69. The molecule has 2 rings (SSSR count). The van der Waals surface area contributed by atoms with E-state index in [-0.39, 0.29) is 22.5 Å². The Hall–Kier alpha value is -3.34. The van der Waals surface area contributed by atoms with Crippen LogP contribution in [-0.2, 0) is 0 Å². The average molecular weight is 228 g/mol. The van der Waals surface area contributed by atoms with Gasteiger partial charge in [-0.15, -0.1) is 0 Å². The Morgan fingerprint density at radius 1 is 0.778 bits per heavy atom. The van der Waals surface area contributed by atoms with Gasteiger partial charge in [-0.1, -0.05) is 12.1 Å². The standard InChI is InChI=1S/C14H4N4/c1-17-13-5-9-3-11(7-15)12(8-16)4-10(9)6-14(13)18-2/h3-6H. The van der Waals surface area contributed by atoms with Gasteiger partial charge in [0.05, 0.1) is 24.3 Å². The molecule has 0 heterocycles. The van der Waals surface area contributed by atoms with Crippen LogP contribution in [0.2, 0.25) is 0 Å². The Kier molecular flexibility index (Phi) is 2.64. The van der Waals surface area contributed by atoms with Crippen molar-refractivity contribution in [2.45, 2.75) is 0 Å². The van der Waals surface area contributed by atoms with E-state index in [9.17, 15) is 0 Å². The SMILES string of the molecule is [C-]#[N+]c1cc2cc(C#N)c(C#N)cc2cc1[N+]#[C-]. The van der Waals surface area contributed by atoms with Gasteiger partial charge in [0.15, 0.2) is 11.4 Å². The second kappa shape index (κ2) is 4.26. The molecule has 0 aliphatic heterocycles. The van der Waals surface area contributed by atoms with Gasteiger partial charge in [0.25, 0.3) is 0 Å². The normalized spacial score (nSPS) is 8.89. The number of nitriles is 2. The van der Waals surface area contributed by atoms with Crippen LogP contribution in [0.4, 0.5) is 11.4 Å². The molecule has 0 aliphatic rings. The lowest BCUT2D eigenvalue weighted by molar-refractivity contribution is 1.45. The monoisotopic (exact) mass is 228 g/mol. The summed E-state index contributed by atoms with van der Waals surface area (Å²) >= 11 is 0.